The lowest BCUT2D eigenvalue weighted by Gasteiger charge is -2.19. The number of hydrogen-bond donors (Lipinski definition) is 1. The molecule has 1 rings (SSSR count). The smallest absolute Gasteiger partial charge is 0.330 e. The summed E-state index contributed by atoms with van der Waals surface area (Å²) in [5, 5.41) is 23.2. The number of hydrogen-bond acceptors (Lipinski definition) is 5. The van der Waals surface area contributed by atoms with E-state index in [9.17, 15) is 18.9 Å². The predicted octanol–water partition coefficient (Wildman–Crippen LogP) is 0.392. The number of rotatable bonds is 6. The molecule has 0 radical (unpaired) electrons. The van der Waals surface area contributed by atoms with Gasteiger partial charge >= 0.3 is 5.69 Å². The molecule has 0 saturated heterocycles. The van der Waals surface area contributed by atoms with E-state index in [1.807, 2.05) is 0 Å². The Morgan fingerprint density at radius 2 is 2.35 bits per heavy atom. The molecule has 1 N–H and O–H groups in total. The van der Waals surface area contributed by atoms with Crippen LogP contribution in [0.5, 0.6) is 0 Å². The van der Waals surface area contributed by atoms with Crippen LogP contribution in [0.25, 0.3) is 0 Å². The first-order valence-electron chi connectivity index (χ1n) is 4.77. The molecule has 0 spiro atoms. The normalized spacial score (nSPS) is 10.9. The molecule has 0 aliphatic rings. The zero-order valence-electron chi connectivity index (χ0n) is 9.08. The third kappa shape index (κ3) is 3.34. The summed E-state index contributed by atoms with van der Waals surface area (Å²) in [5.41, 5.74) is -0.360. The first-order valence-corrected chi connectivity index (χ1v) is 4.77. The van der Waals surface area contributed by atoms with Crippen molar-refractivity contribution in [2.24, 2.45) is 7.05 Å². The molecule has 0 aromatic carbocycles. The fraction of sp³-hybridized carbons (Fsp3) is 0.625. The highest BCUT2D eigenvalue weighted by molar-refractivity contribution is 5.56. The second-order valence-electron chi connectivity index (χ2n) is 3.33. The fourth-order valence-electron chi connectivity index (χ4n) is 1.39. The third-order valence-corrected chi connectivity index (χ3v) is 2.02. The van der Waals surface area contributed by atoms with Crippen molar-refractivity contribution in [3.63, 3.8) is 0 Å². The molecular weight excluding hydrogens is 238 g/mol. The summed E-state index contributed by atoms with van der Waals surface area (Å²) in [6.45, 7) is -1.24. The number of aromatic nitrogens is 2. The molecule has 7 nitrogen and oxygen atoms in total. The molecule has 0 aliphatic carbocycles. The van der Waals surface area contributed by atoms with Gasteiger partial charge in [0.05, 0.1) is 18.1 Å². The summed E-state index contributed by atoms with van der Waals surface area (Å²) in [6.07, 6.45) is -1.53. The predicted molar refractivity (Wildman–Crippen MR) is 55.2 cm³/mol. The highest BCUT2D eigenvalue weighted by atomic mass is 19.3. The first-order chi connectivity index (χ1) is 7.95. The molecule has 1 aromatic rings. The highest BCUT2D eigenvalue weighted by Gasteiger charge is 2.25. The Morgan fingerprint density at radius 1 is 1.71 bits per heavy atom. The van der Waals surface area contributed by atoms with Gasteiger partial charge < -0.3 is 10.0 Å². The number of aryl methyl sites for hydroxylation is 1. The summed E-state index contributed by atoms with van der Waals surface area (Å²) in [7, 11) is 1.45. The Balaban J connectivity index is 3.03. The van der Waals surface area contributed by atoms with Gasteiger partial charge in [-0.1, -0.05) is 0 Å². The van der Waals surface area contributed by atoms with Crippen molar-refractivity contribution in [1.82, 2.24) is 9.78 Å². The maximum absolute atomic E-state index is 12.3. The van der Waals surface area contributed by atoms with Crippen LogP contribution in [0.4, 0.5) is 20.3 Å². The largest absolute Gasteiger partial charge is 0.395 e. The molecule has 1 heterocycles. The number of alkyl halides is 2. The number of halogens is 2. The molecule has 96 valence electrons. The van der Waals surface area contributed by atoms with Crippen LogP contribution in [0.2, 0.25) is 0 Å². The van der Waals surface area contributed by atoms with Crippen molar-refractivity contribution in [2.45, 2.75) is 6.43 Å². The van der Waals surface area contributed by atoms with Gasteiger partial charge in [-0.15, -0.1) is 5.10 Å². The molecule has 0 atom stereocenters. The Hall–Kier alpha value is -1.77. The van der Waals surface area contributed by atoms with Crippen LogP contribution in [0.1, 0.15) is 0 Å². The highest BCUT2D eigenvalue weighted by Crippen LogP contribution is 2.26. The van der Waals surface area contributed by atoms with Crippen molar-refractivity contribution < 1.29 is 18.8 Å². The Bertz CT molecular complexity index is 396. The van der Waals surface area contributed by atoms with E-state index in [0.717, 1.165) is 11.1 Å². The molecule has 0 fully saturated rings. The number of aliphatic hydroxyl groups excluding tert-OH is 1. The van der Waals surface area contributed by atoms with Crippen LogP contribution in [-0.2, 0) is 7.05 Å². The van der Waals surface area contributed by atoms with E-state index in [2.05, 4.69) is 5.10 Å². The zero-order valence-corrected chi connectivity index (χ0v) is 9.08. The quantitative estimate of drug-likeness (QED) is 0.583. The minimum atomic E-state index is -2.66. The van der Waals surface area contributed by atoms with Crippen LogP contribution in [0.3, 0.4) is 0 Å². The van der Waals surface area contributed by atoms with Crippen LogP contribution in [0, 0.1) is 10.1 Å². The minimum absolute atomic E-state index is 0.137. The van der Waals surface area contributed by atoms with E-state index >= 15 is 0 Å². The van der Waals surface area contributed by atoms with Crippen molar-refractivity contribution in [3.05, 3.63) is 16.3 Å². The summed E-state index contributed by atoms with van der Waals surface area (Å²) < 4.78 is 25.8. The summed E-state index contributed by atoms with van der Waals surface area (Å²) in [5.74, 6) is -0.160. The van der Waals surface area contributed by atoms with E-state index < -0.39 is 17.9 Å². The van der Waals surface area contributed by atoms with Gasteiger partial charge in [-0.2, -0.15) is 0 Å². The van der Waals surface area contributed by atoms with Crippen molar-refractivity contribution in [1.29, 1.82) is 0 Å². The molecule has 1 aromatic heterocycles. The Kier molecular flexibility index (Phi) is 4.32. The van der Waals surface area contributed by atoms with Gasteiger partial charge in [0.25, 0.3) is 6.43 Å². The molecule has 0 bridgehead atoms. The Morgan fingerprint density at radius 3 is 2.82 bits per heavy atom. The van der Waals surface area contributed by atoms with E-state index in [4.69, 9.17) is 5.11 Å². The van der Waals surface area contributed by atoms with Gasteiger partial charge in [0, 0.05) is 13.6 Å². The summed E-state index contributed by atoms with van der Waals surface area (Å²) in [4.78, 5) is 11.0. The maximum Gasteiger partial charge on any atom is 0.330 e. The molecule has 0 saturated carbocycles. The van der Waals surface area contributed by atoms with Crippen LogP contribution in [-0.4, -0.2) is 45.9 Å². The Labute approximate surface area is 95.4 Å². The monoisotopic (exact) mass is 250 g/mol. The molecular formula is C8H12F2N4O3. The molecule has 9 heteroatoms. The number of nitrogens with zero attached hydrogens (tertiary/aromatic N) is 4. The second kappa shape index (κ2) is 5.53. The van der Waals surface area contributed by atoms with Gasteiger partial charge in [-0.05, 0) is 0 Å². The number of nitro groups is 1. The van der Waals surface area contributed by atoms with E-state index in [1.54, 1.807) is 0 Å². The van der Waals surface area contributed by atoms with Crippen LogP contribution >= 0.6 is 0 Å². The maximum atomic E-state index is 12.3. The fourth-order valence-corrected chi connectivity index (χ4v) is 1.39. The van der Waals surface area contributed by atoms with Gasteiger partial charge in [-0.3, -0.25) is 14.8 Å². The van der Waals surface area contributed by atoms with E-state index in [-0.39, 0.29) is 24.7 Å². The van der Waals surface area contributed by atoms with Crippen LogP contribution in [0.15, 0.2) is 6.20 Å². The molecule has 0 amide bonds. The number of aliphatic hydroxyl groups is 1. The van der Waals surface area contributed by atoms with Crippen molar-refractivity contribution >= 4 is 11.5 Å². The van der Waals surface area contributed by atoms with Gasteiger partial charge in [0.1, 0.15) is 6.20 Å². The SMILES string of the molecule is Cn1cc([N+](=O)[O-])c(N(CCO)CC(F)F)n1. The average Bonchev–Trinajstić information content (AvgIpc) is 2.59. The standard InChI is InChI=1S/C8H12F2N4O3/c1-12-4-6(14(16)17)8(11-12)13(2-3-15)5-7(9)10/h4,7,15H,2-3,5H2,1H3. The minimum Gasteiger partial charge on any atom is -0.395 e. The molecule has 17 heavy (non-hydrogen) atoms. The van der Waals surface area contributed by atoms with Gasteiger partial charge in [0.15, 0.2) is 0 Å². The van der Waals surface area contributed by atoms with E-state index in [0.29, 0.717) is 0 Å². The van der Waals surface area contributed by atoms with Gasteiger partial charge in [-0.25, -0.2) is 8.78 Å². The number of anilines is 1. The van der Waals surface area contributed by atoms with Crippen LogP contribution < -0.4 is 4.90 Å². The lowest BCUT2D eigenvalue weighted by Crippen LogP contribution is -2.32. The molecule has 0 aliphatic heterocycles. The zero-order chi connectivity index (χ0) is 13.0. The average molecular weight is 250 g/mol. The van der Waals surface area contributed by atoms with E-state index in [1.165, 1.54) is 11.7 Å². The van der Waals surface area contributed by atoms with Crippen molar-refractivity contribution in [2.75, 3.05) is 24.6 Å². The summed E-state index contributed by atoms with van der Waals surface area (Å²) in [6, 6.07) is 0. The second-order valence-corrected chi connectivity index (χ2v) is 3.33. The van der Waals surface area contributed by atoms with Gasteiger partial charge in [0.2, 0.25) is 5.82 Å². The summed E-state index contributed by atoms with van der Waals surface area (Å²) >= 11 is 0. The first kappa shape index (κ1) is 13.3. The topological polar surface area (TPSA) is 84.4 Å². The lowest BCUT2D eigenvalue weighted by atomic mass is 10.4. The molecule has 0 unspecified atom stereocenters. The lowest BCUT2D eigenvalue weighted by molar-refractivity contribution is -0.384. The van der Waals surface area contributed by atoms with Crippen molar-refractivity contribution in [3.8, 4) is 0 Å². The third-order valence-electron chi connectivity index (χ3n) is 2.02.